The Morgan fingerprint density at radius 2 is 1.86 bits per heavy atom. The molecule has 9 nitrogen and oxygen atoms in total. The van der Waals surface area contributed by atoms with Gasteiger partial charge in [-0.3, -0.25) is 4.57 Å². The molecule has 0 unspecified atom stereocenters. The lowest BCUT2D eigenvalue weighted by atomic mass is 9.98. The van der Waals surface area contributed by atoms with Gasteiger partial charge in [0.2, 0.25) is 5.82 Å². The highest BCUT2D eigenvalue weighted by Gasteiger charge is 2.24. The second-order valence-electron chi connectivity index (χ2n) is 7.85. The van der Waals surface area contributed by atoms with Crippen LogP contribution in [-0.2, 0) is 16.1 Å². The molecule has 0 bridgehead atoms. The van der Waals surface area contributed by atoms with Crippen molar-refractivity contribution in [2.24, 2.45) is 0 Å². The van der Waals surface area contributed by atoms with E-state index in [-0.39, 0.29) is 0 Å². The van der Waals surface area contributed by atoms with Gasteiger partial charge in [-0.05, 0) is 41.3 Å². The fraction of sp³-hybridized carbons (Fsp3) is 0.222. The van der Waals surface area contributed by atoms with Gasteiger partial charge in [-0.2, -0.15) is 10.2 Å². The number of hydrogen-bond donors (Lipinski definition) is 1. The second-order valence-corrected chi connectivity index (χ2v) is 7.85. The van der Waals surface area contributed by atoms with E-state index in [1.54, 1.807) is 6.08 Å². The average Bonchev–Trinajstić information content (AvgIpc) is 3.56. The Kier molecular flexibility index (Phi) is 7.69. The van der Waals surface area contributed by atoms with E-state index in [1.165, 1.54) is 7.11 Å². The molecule has 0 fully saturated rings. The maximum Gasteiger partial charge on any atom is 0.339 e. The van der Waals surface area contributed by atoms with Crippen LogP contribution in [0.5, 0.6) is 6.01 Å². The molecule has 2 aromatic heterocycles. The van der Waals surface area contributed by atoms with Gasteiger partial charge in [0.15, 0.2) is 0 Å². The quantitative estimate of drug-likeness (QED) is 0.255. The first-order chi connectivity index (χ1) is 17.6. The first-order valence-electron chi connectivity index (χ1n) is 11.7. The highest BCUT2D eigenvalue weighted by Crippen LogP contribution is 2.31. The summed E-state index contributed by atoms with van der Waals surface area (Å²) < 4.78 is 12.8. The van der Waals surface area contributed by atoms with E-state index in [1.807, 2.05) is 73.0 Å². The summed E-state index contributed by atoms with van der Waals surface area (Å²) in [5.74, 6) is 0.103. The van der Waals surface area contributed by atoms with Crippen LogP contribution >= 0.6 is 0 Å². The molecule has 0 saturated carbocycles. The minimum absolute atomic E-state index is 0.417. The van der Waals surface area contributed by atoms with Crippen molar-refractivity contribution in [3.63, 3.8) is 0 Å². The normalized spacial score (nSPS) is 11.4. The number of rotatable bonds is 10. The fourth-order valence-corrected chi connectivity index (χ4v) is 4.03. The molecule has 2 heterocycles. The summed E-state index contributed by atoms with van der Waals surface area (Å²) in [4.78, 5) is 17.2. The number of esters is 1. The molecule has 0 spiro atoms. The number of H-pyrrole nitrogens is 1. The number of carbonyl (C=O) groups excluding carboxylic acids is 1. The van der Waals surface area contributed by atoms with Crippen molar-refractivity contribution >= 4 is 17.6 Å². The predicted octanol–water partition coefficient (Wildman–Crippen LogP) is 4.79. The zero-order chi connectivity index (χ0) is 25.5. The molecule has 4 rings (SSSR count). The van der Waals surface area contributed by atoms with Gasteiger partial charge in [-0.1, -0.05) is 68.1 Å². The second kappa shape index (κ2) is 11.3. The molecule has 0 radical (unpaired) electrons. The van der Waals surface area contributed by atoms with Crippen LogP contribution in [0.1, 0.15) is 37.2 Å². The van der Waals surface area contributed by atoms with Crippen molar-refractivity contribution < 1.29 is 14.3 Å². The monoisotopic (exact) mass is 484 g/mol. The number of allylic oxidation sites excluding steroid dienone is 1. The number of hydrogen-bond acceptors (Lipinski definition) is 7. The van der Waals surface area contributed by atoms with Crippen LogP contribution in [0.3, 0.4) is 0 Å². The summed E-state index contributed by atoms with van der Waals surface area (Å²) >= 11 is 0. The zero-order valence-electron chi connectivity index (χ0n) is 20.6. The highest BCUT2D eigenvalue weighted by atomic mass is 16.5. The lowest BCUT2D eigenvalue weighted by Crippen LogP contribution is -2.13. The molecule has 0 aliphatic heterocycles. The first-order valence-corrected chi connectivity index (χ1v) is 11.7. The van der Waals surface area contributed by atoms with E-state index in [2.05, 4.69) is 32.2 Å². The standard InChI is InChI=1S/C27H28N6O3/c1-5-10-22(26(34)35-4)24-23(6-2)28-27(36-7-3)33(24)17-18-13-15-19(16-14-18)20-11-8-9-12-21(20)25-29-31-32-30-25/h6,8-16H,2,5,7,17H2,1,3-4H3,(H,29,30,31,32)/b22-10+. The summed E-state index contributed by atoms with van der Waals surface area (Å²) in [6, 6.07) is 16.5. The van der Waals surface area contributed by atoms with E-state index >= 15 is 0 Å². The topological polar surface area (TPSA) is 108 Å². The van der Waals surface area contributed by atoms with Crippen LogP contribution in [0, 0.1) is 0 Å². The van der Waals surface area contributed by atoms with Crippen molar-refractivity contribution in [1.82, 2.24) is 30.2 Å². The molecule has 0 aliphatic rings. The van der Waals surface area contributed by atoms with Crippen molar-refractivity contribution in [3.05, 3.63) is 78.1 Å². The molecule has 184 valence electrons. The average molecular weight is 485 g/mol. The van der Waals surface area contributed by atoms with Crippen LogP contribution in [-0.4, -0.2) is 49.9 Å². The van der Waals surface area contributed by atoms with Crippen molar-refractivity contribution in [2.75, 3.05) is 13.7 Å². The summed E-state index contributed by atoms with van der Waals surface area (Å²) in [5.41, 5.74) is 5.52. The molecule has 0 saturated heterocycles. The summed E-state index contributed by atoms with van der Waals surface area (Å²) in [7, 11) is 1.37. The maximum absolute atomic E-state index is 12.6. The molecule has 9 heteroatoms. The minimum Gasteiger partial charge on any atom is -0.465 e. The number of benzene rings is 2. The van der Waals surface area contributed by atoms with E-state index in [4.69, 9.17) is 9.47 Å². The van der Waals surface area contributed by atoms with Crippen LogP contribution in [0.15, 0.2) is 61.2 Å². The van der Waals surface area contributed by atoms with Gasteiger partial charge in [-0.15, -0.1) is 10.2 Å². The SMILES string of the molecule is C=Cc1nc(OCC)n(Cc2ccc(-c3ccccc3-c3nn[nH]n3)cc2)c1/C(=C\CC)C(=O)OC. The van der Waals surface area contributed by atoms with Crippen LogP contribution in [0.2, 0.25) is 0 Å². The number of ether oxygens (including phenoxy) is 2. The molecule has 0 atom stereocenters. The zero-order valence-corrected chi connectivity index (χ0v) is 20.6. The molecule has 4 aromatic rings. The smallest absolute Gasteiger partial charge is 0.339 e. The number of nitrogens with zero attached hydrogens (tertiary/aromatic N) is 5. The Morgan fingerprint density at radius 1 is 1.11 bits per heavy atom. The van der Waals surface area contributed by atoms with Crippen LogP contribution < -0.4 is 4.74 Å². The third-order valence-corrected chi connectivity index (χ3v) is 5.61. The Hall–Kier alpha value is -4.53. The van der Waals surface area contributed by atoms with Crippen LogP contribution in [0.4, 0.5) is 0 Å². The van der Waals surface area contributed by atoms with Gasteiger partial charge in [0, 0.05) is 5.56 Å². The van der Waals surface area contributed by atoms with E-state index in [0.29, 0.717) is 48.4 Å². The third-order valence-electron chi connectivity index (χ3n) is 5.61. The molecular weight excluding hydrogens is 456 g/mol. The van der Waals surface area contributed by atoms with Gasteiger partial charge < -0.3 is 9.47 Å². The lowest BCUT2D eigenvalue weighted by Gasteiger charge is -2.14. The fourth-order valence-electron chi connectivity index (χ4n) is 4.03. The lowest BCUT2D eigenvalue weighted by molar-refractivity contribution is -0.133. The Balaban J connectivity index is 1.74. The minimum atomic E-state index is -0.433. The highest BCUT2D eigenvalue weighted by molar-refractivity contribution is 6.16. The van der Waals surface area contributed by atoms with E-state index in [9.17, 15) is 4.79 Å². The largest absolute Gasteiger partial charge is 0.465 e. The molecule has 36 heavy (non-hydrogen) atoms. The number of aromatic nitrogens is 6. The third kappa shape index (κ3) is 4.95. The summed E-state index contributed by atoms with van der Waals surface area (Å²) in [6.07, 6.45) is 4.11. The predicted molar refractivity (Wildman–Crippen MR) is 138 cm³/mol. The van der Waals surface area contributed by atoms with Crippen molar-refractivity contribution in [2.45, 2.75) is 26.8 Å². The maximum atomic E-state index is 12.6. The molecule has 2 aromatic carbocycles. The summed E-state index contributed by atoms with van der Waals surface area (Å²) in [5, 5.41) is 14.4. The number of tetrazole rings is 1. The van der Waals surface area contributed by atoms with E-state index in [0.717, 1.165) is 22.3 Å². The molecular formula is C27H28N6O3. The van der Waals surface area contributed by atoms with Crippen LogP contribution in [0.25, 0.3) is 34.2 Å². The van der Waals surface area contributed by atoms with E-state index < -0.39 is 5.97 Å². The molecule has 0 amide bonds. The number of methoxy groups -OCH3 is 1. The summed E-state index contributed by atoms with van der Waals surface area (Å²) in [6.45, 7) is 8.62. The Bertz CT molecular complexity index is 1370. The van der Waals surface area contributed by atoms with Gasteiger partial charge in [0.05, 0.1) is 37.2 Å². The number of carbonyl (C=O) groups is 1. The molecule has 1 N–H and O–H groups in total. The number of imidazole rings is 1. The number of nitrogens with one attached hydrogen (secondary N) is 1. The van der Waals surface area contributed by atoms with Gasteiger partial charge in [0.1, 0.15) is 0 Å². The van der Waals surface area contributed by atoms with Crippen molar-refractivity contribution in [3.8, 4) is 28.5 Å². The van der Waals surface area contributed by atoms with Gasteiger partial charge in [0.25, 0.3) is 6.01 Å². The Labute approximate surface area is 209 Å². The first kappa shape index (κ1) is 24.6. The molecule has 0 aliphatic carbocycles. The van der Waals surface area contributed by atoms with Gasteiger partial charge >= 0.3 is 5.97 Å². The van der Waals surface area contributed by atoms with Gasteiger partial charge in [-0.25, -0.2) is 4.79 Å². The number of aromatic amines is 1. The van der Waals surface area contributed by atoms with Crippen molar-refractivity contribution in [1.29, 1.82) is 0 Å². The Morgan fingerprint density at radius 3 is 2.47 bits per heavy atom.